The number of aromatic amines is 1. The summed E-state index contributed by atoms with van der Waals surface area (Å²) in [5.41, 5.74) is 2.15. The molecule has 160 valence electrons. The Hall–Kier alpha value is -3.22. The lowest BCUT2D eigenvalue weighted by molar-refractivity contribution is 0.0605. The van der Waals surface area contributed by atoms with Crippen molar-refractivity contribution in [2.45, 2.75) is 19.9 Å². The van der Waals surface area contributed by atoms with Crippen molar-refractivity contribution in [3.63, 3.8) is 0 Å². The molecule has 31 heavy (non-hydrogen) atoms. The van der Waals surface area contributed by atoms with Gasteiger partial charge in [0.25, 0.3) is 5.56 Å². The van der Waals surface area contributed by atoms with Crippen molar-refractivity contribution in [3.8, 4) is 6.07 Å². The number of nitrogens with zero attached hydrogens (tertiary/aromatic N) is 4. The molecule has 8 nitrogen and oxygen atoms in total. The number of fused-ring (bicyclic) bond motifs is 1. The topological polar surface area (TPSA) is 102 Å². The van der Waals surface area contributed by atoms with Gasteiger partial charge in [-0.15, -0.1) is 11.3 Å². The number of nitrogens with one attached hydrogen (secondary N) is 1. The van der Waals surface area contributed by atoms with Crippen LogP contribution in [0.2, 0.25) is 0 Å². The molecule has 1 saturated heterocycles. The maximum Gasteiger partial charge on any atom is 0.348 e. The van der Waals surface area contributed by atoms with E-state index < -0.39 is 5.97 Å². The molecule has 3 heterocycles. The highest BCUT2D eigenvalue weighted by atomic mass is 32.1. The third kappa shape index (κ3) is 4.31. The lowest BCUT2D eigenvalue weighted by atomic mass is 10.2. The normalized spacial score (nSPS) is 14.9. The van der Waals surface area contributed by atoms with Crippen molar-refractivity contribution in [2.75, 3.05) is 38.2 Å². The van der Waals surface area contributed by atoms with E-state index in [4.69, 9.17) is 10.00 Å². The first-order chi connectivity index (χ1) is 15.0. The third-order valence-electron chi connectivity index (χ3n) is 5.54. The molecule has 9 heteroatoms. The Morgan fingerprint density at radius 1 is 1.26 bits per heavy atom. The summed E-state index contributed by atoms with van der Waals surface area (Å²) < 4.78 is 4.81. The summed E-state index contributed by atoms with van der Waals surface area (Å²) in [7, 11) is 1.33. The molecular weight excluding hydrogens is 414 g/mol. The molecule has 0 bridgehead atoms. The maximum atomic E-state index is 12.7. The number of ether oxygens (including phenoxy) is 1. The number of thiophene rings is 1. The largest absolute Gasteiger partial charge is 0.465 e. The zero-order chi connectivity index (χ0) is 22.0. The van der Waals surface area contributed by atoms with Crippen LogP contribution in [0.5, 0.6) is 0 Å². The van der Waals surface area contributed by atoms with Gasteiger partial charge in [-0.2, -0.15) is 5.26 Å². The first-order valence-corrected chi connectivity index (χ1v) is 10.9. The van der Waals surface area contributed by atoms with Gasteiger partial charge in [0.2, 0.25) is 0 Å². The standard InChI is InChI=1S/C22H23N5O3S/c1-14-18-20(28)24-17(25-21(18)31-19(14)22(29)30-2)13-26-8-3-9-27(11-10-26)16-6-4-15(12-23)5-7-16/h4-7H,3,8-11,13H2,1-2H3,(H,24,25,28). The Labute approximate surface area is 183 Å². The highest BCUT2D eigenvalue weighted by molar-refractivity contribution is 7.20. The van der Waals surface area contributed by atoms with Crippen LogP contribution in [0.25, 0.3) is 10.2 Å². The predicted molar refractivity (Wildman–Crippen MR) is 120 cm³/mol. The summed E-state index contributed by atoms with van der Waals surface area (Å²) in [6, 6.07) is 9.80. The van der Waals surface area contributed by atoms with Crippen LogP contribution in [0.15, 0.2) is 29.1 Å². The van der Waals surface area contributed by atoms with Gasteiger partial charge >= 0.3 is 5.97 Å². The minimum atomic E-state index is -0.447. The van der Waals surface area contributed by atoms with Gasteiger partial charge < -0.3 is 14.6 Å². The van der Waals surface area contributed by atoms with Crippen LogP contribution < -0.4 is 10.5 Å². The monoisotopic (exact) mass is 437 g/mol. The number of hydrogen-bond acceptors (Lipinski definition) is 8. The van der Waals surface area contributed by atoms with E-state index in [0.717, 1.165) is 38.3 Å². The Bertz CT molecular complexity index is 1210. The molecular formula is C22H23N5O3S. The Balaban J connectivity index is 1.49. The van der Waals surface area contributed by atoms with Crippen LogP contribution in [-0.4, -0.2) is 54.1 Å². The average Bonchev–Trinajstić information content (AvgIpc) is 2.95. The fraction of sp³-hybridized carbons (Fsp3) is 0.364. The number of aryl methyl sites for hydroxylation is 1. The summed E-state index contributed by atoms with van der Waals surface area (Å²) in [5.74, 6) is 0.152. The summed E-state index contributed by atoms with van der Waals surface area (Å²) >= 11 is 1.20. The third-order valence-corrected chi connectivity index (χ3v) is 6.71. The summed E-state index contributed by atoms with van der Waals surface area (Å²) in [6.45, 7) is 5.79. The van der Waals surface area contributed by atoms with Crippen LogP contribution >= 0.6 is 11.3 Å². The highest BCUT2D eigenvalue weighted by Crippen LogP contribution is 2.27. The van der Waals surface area contributed by atoms with Crippen LogP contribution in [0.3, 0.4) is 0 Å². The molecule has 0 aliphatic carbocycles. The SMILES string of the molecule is COC(=O)c1sc2nc(CN3CCCN(c4ccc(C#N)cc4)CC3)[nH]c(=O)c2c1C. The number of rotatable bonds is 4. The number of esters is 1. The minimum Gasteiger partial charge on any atom is -0.465 e. The molecule has 1 aliphatic rings. The van der Waals surface area contributed by atoms with E-state index in [1.807, 2.05) is 24.3 Å². The molecule has 2 aromatic heterocycles. The van der Waals surface area contributed by atoms with E-state index >= 15 is 0 Å². The van der Waals surface area contributed by atoms with Crippen LogP contribution in [0, 0.1) is 18.3 Å². The maximum absolute atomic E-state index is 12.7. The van der Waals surface area contributed by atoms with Gasteiger partial charge in [0, 0.05) is 31.9 Å². The number of H-pyrrole nitrogens is 1. The number of carbonyl (C=O) groups is 1. The predicted octanol–water partition coefficient (Wildman–Crippen LogP) is 2.66. The number of hydrogen-bond donors (Lipinski definition) is 1. The summed E-state index contributed by atoms with van der Waals surface area (Å²) in [4.78, 5) is 37.7. The van der Waals surface area contributed by atoms with Gasteiger partial charge in [0.05, 0.1) is 30.7 Å². The van der Waals surface area contributed by atoms with Crippen LogP contribution in [0.1, 0.15) is 33.0 Å². The quantitative estimate of drug-likeness (QED) is 0.626. The van der Waals surface area contributed by atoms with E-state index in [1.165, 1.54) is 18.4 Å². The smallest absolute Gasteiger partial charge is 0.348 e. The van der Waals surface area contributed by atoms with E-state index in [-0.39, 0.29) is 5.56 Å². The molecule has 1 aromatic carbocycles. The van der Waals surface area contributed by atoms with Gasteiger partial charge in [0.15, 0.2) is 0 Å². The van der Waals surface area contributed by atoms with Crippen molar-refractivity contribution in [2.24, 2.45) is 0 Å². The number of nitriles is 1. The van der Waals surface area contributed by atoms with Crippen molar-refractivity contribution in [1.82, 2.24) is 14.9 Å². The van der Waals surface area contributed by atoms with E-state index in [0.29, 0.717) is 38.6 Å². The Morgan fingerprint density at radius 3 is 2.74 bits per heavy atom. The number of methoxy groups -OCH3 is 1. The molecule has 1 N–H and O–H groups in total. The fourth-order valence-electron chi connectivity index (χ4n) is 3.90. The van der Waals surface area contributed by atoms with E-state index in [1.54, 1.807) is 6.92 Å². The molecule has 4 rings (SSSR count). The molecule has 3 aromatic rings. The van der Waals surface area contributed by atoms with E-state index in [9.17, 15) is 9.59 Å². The molecule has 0 unspecified atom stereocenters. The minimum absolute atomic E-state index is 0.224. The molecule has 0 spiro atoms. The van der Waals surface area contributed by atoms with Gasteiger partial charge in [-0.3, -0.25) is 9.69 Å². The molecule has 0 atom stereocenters. The van der Waals surface area contributed by atoms with Gasteiger partial charge in [-0.05, 0) is 43.2 Å². The number of benzene rings is 1. The zero-order valence-corrected chi connectivity index (χ0v) is 18.3. The summed E-state index contributed by atoms with van der Waals surface area (Å²) in [6.07, 6.45) is 0.983. The molecule has 1 fully saturated rings. The van der Waals surface area contributed by atoms with Crippen LogP contribution in [0.4, 0.5) is 5.69 Å². The fourth-order valence-corrected chi connectivity index (χ4v) is 5.02. The van der Waals surface area contributed by atoms with Crippen molar-refractivity contribution < 1.29 is 9.53 Å². The zero-order valence-electron chi connectivity index (χ0n) is 17.5. The molecule has 1 aliphatic heterocycles. The molecule has 0 amide bonds. The second kappa shape index (κ2) is 8.88. The van der Waals surface area contributed by atoms with Gasteiger partial charge in [-0.1, -0.05) is 0 Å². The second-order valence-electron chi connectivity index (χ2n) is 7.52. The van der Waals surface area contributed by atoms with Crippen molar-refractivity contribution in [3.05, 3.63) is 56.4 Å². The second-order valence-corrected chi connectivity index (χ2v) is 8.52. The first-order valence-electron chi connectivity index (χ1n) is 10.1. The lowest BCUT2D eigenvalue weighted by Gasteiger charge is -2.23. The van der Waals surface area contributed by atoms with Gasteiger partial charge in [0.1, 0.15) is 15.5 Å². The van der Waals surface area contributed by atoms with Crippen LogP contribution in [-0.2, 0) is 11.3 Å². The van der Waals surface area contributed by atoms with Crippen molar-refractivity contribution in [1.29, 1.82) is 5.26 Å². The number of carbonyl (C=O) groups excluding carboxylic acids is 1. The van der Waals surface area contributed by atoms with Gasteiger partial charge in [-0.25, -0.2) is 9.78 Å². The number of aromatic nitrogens is 2. The lowest BCUT2D eigenvalue weighted by Crippen LogP contribution is -2.31. The Morgan fingerprint density at radius 2 is 2.03 bits per heavy atom. The van der Waals surface area contributed by atoms with E-state index in [2.05, 4.69) is 25.8 Å². The molecule has 0 saturated carbocycles. The van der Waals surface area contributed by atoms with Crippen molar-refractivity contribution >= 4 is 33.2 Å². The summed E-state index contributed by atoms with van der Waals surface area (Å²) in [5, 5.41) is 9.43. The Kier molecular flexibility index (Phi) is 6.02. The highest BCUT2D eigenvalue weighted by Gasteiger charge is 2.21. The molecule has 0 radical (unpaired) electrons. The average molecular weight is 438 g/mol. The number of anilines is 1. The first kappa shape index (κ1) is 21.0.